The molecular weight excluding hydrogens is 521 g/mol. The Morgan fingerprint density at radius 1 is 1.05 bits per heavy atom. The lowest BCUT2D eigenvalue weighted by molar-refractivity contribution is -0.137. The number of benzene rings is 2. The van der Waals surface area contributed by atoms with Gasteiger partial charge in [0.25, 0.3) is 0 Å². The normalized spacial score (nSPS) is 10.8. The molecule has 10 nitrogen and oxygen atoms in total. The molecule has 0 aliphatic rings. The first-order chi connectivity index (χ1) is 17.7. The molecule has 0 amide bonds. The van der Waals surface area contributed by atoms with Crippen LogP contribution in [0, 0.1) is 6.92 Å². The summed E-state index contributed by atoms with van der Waals surface area (Å²) in [6.07, 6.45) is 1.14. The average molecular weight is 542 g/mol. The van der Waals surface area contributed by atoms with Crippen LogP contribution in [0.1, 0.15) is 17.5 Å². The van der Waals surface area contributed by atoms with Crippen LogP contribution in [-0.4, -0.2) is 30.2 Å². The fraction of sp³-hybridized carbons (Fsp3) is 0.160. The molecule has 0 aliphatic carbocycles. The molecule has 2 heterocycles. The van der Waals surface area contributed by atoms with E-state index in [0.29, 0.717) is 27.4 Å². The Labute approximate surface area is 220 Å². The maximum Gasteiger partial charge on any atom is 0.354 e. The van der Waals surface area contributed by atoms with Crippen LogP contribution < -0.4 is 21.4 Å². The molecule has 0 spiro atoms. The molecule has 0 atom stereocenters. The van der Waals surface area contributed by atoms with Crippen molar-refractivity contribution in [2.75, 3.05) is 5.32 Å². The molecule has 0 unspecified atom stereocenters. The van der Waals surface area contributed by atoms with Crippen molar-refractivity contribution in [2.45, 2.75) is 26.4 Å². The van der Waals surface area contributed by atoms with Gasteiger partial charge in [0, 0.05) is 29.5 Å². The highest BCUT2D eigenvalue weighted by Crippen LogP contribution is 2.29. The minimum atomic E-state index is -1.13. The van der Waals surface area contributed by atoms with E-state index >= 15 is 0 Å². The van der Waals surface area contributed by atoms with E-state index in [4.69, 9.17) is 33.0 Å². The number of pyridine rings is 1. The van der Waals surface area contributed by atoms with Crippen molar-refractivity contribution in [1.29, 1.82) is 0 Å². The van der Waals surface area contributed by atoms with Gasteiger partial charge in [-0.05, 0) is 54.4 Å². The van der Waals surface area contributed by atoms with E-state index in [-0.39, 0.29) is 19.0 Å². The summed E-state index contributed by atoms with van der Waals surface area (Å²) in [4.78, 5) is 44.8. The lowest BCUT2D eigenvalue weighted by atomic mass is 10.2. The summed E-state index contributed by atoms with van der Waals surface area (Å²) in [5.74, 6) is -0.0363. The number of anilines is 2. The Bertz CT molecular complexity index is 1570. The van der Waals surface area contributed by atoms with Crippen molar-refractivity contribution in [3.8, 4) is 11.5 Å². The van der Waals surface area contributed by atoms with Crippen LogP contribution in [0.5, 0.6) is 11.5 Å². The van der Waals surface area contributed by atoms with Gasteiger partial charge in [-0.3, -0.25) is 9.36 Å². The van der Waals surface area contributed by atoms with E-state index in [2.05, 4.69) is 15.3 Å². The van der Waals surface area contributed by atoms with Crippen LogP contribution in [0.4, 0.5) is 11.6 Å². The first-order valence-corrected chi connectivity index (χ1v) is 11.8. The molecule has 2 aromatic carbocycles. The highest BCUT2D eigenvalue weighted by Gasteiger charge is 2.16. The number of nitrogens with one attached hydrogen (secondary N) is 1. The zero-order chi connectivity index (χ0) is 26.5. The fourth-order valence-corrected chi connectivity index (χ4v) is 3.77. The number of aryl methyl sites for hydroxylation is 1. The second kappa shape index (κ2) is 11.3. The summed E-state index contributed by atoms with van der Waals surface area (Å²) in [6, 6.07) is 15.3. The monoisotopic (exact) mass is 541 g/mol. The molecule has 0 saturated heterocycles. The van der Waals surface area contributed by atoms with E-state index in [0.717, 1.165) is 15.7 Å². The van der Waals surface area contributed by atoms with Crippen LogP contribution in [0.15, 0.2) is 70.4 Å². The molecule has 190 valence electrons. The highest BCUT2D eigenvalue weighted by atomic mass is 35.5. The third kappa shape index (κ3) is 6.54. The Morgan fingerprint density at radius 3 is 2.49 bits per heavy atom. The van der Waals surface area contributed by atoms with Crippen molar-refractivity contribution in [3.05, 3.63) is 103 Å². The van der Waals surface area contributed by atoms with Crippen LogP contribution in [0.25, 0.3) is 0 Å². The molecule has 37 heavy (non-hydrogen) atoms. The standard InChI is InChI=1S/C25H21Cl2N5O5/c1-15-12-18(6-7-20(15)37-19-8-10-28-21(27)13-19)29-23-30-24(35)31(11-9-22(33)34)25(36)32(23)14-16-2-4-17(26)5-3-16/h2-8,10,12-13H,9,11,14H2,1H3,(H,33,34)(H,29,30,35). The maximum atomic E-state index is 13.2. The molecule has 4 aromatic rings. The number of aromatic nitrogens is 4. The van der Waals surface area contributed by atoms with Crippen LogP contribution in [0.3, 0.4) is 0 Å². The Kier molecular flexibility index (Phi) is 7.90. The minimum Gasteiger partial charge on any atom is -0.481 e. The van der Waals surface area contributed by atoms with E-state index < -0.39 is 23.8 Å². The smallest absolute Gasteiger partial charge is 0.354 e. The lowest BCUT2D eigenvalue weighted by Crippen LogP contribution is -2.43. The number of ether oxygens (including phenoxy) is 1. The third-order valence-electron chi connectivity index (χ3n) is 5.31. The van der Waals surface area contributed by atoms with E-state index in [9.17, 15) is 14.4 Å². The predicted octanol–water partition coefficient (Wildman–Crippen LogP) is 4.47. The SMILES string of the molecule is Cc1cc(Nc2nc(=O)n(CCC(=O)O)c(=O)n2Cc2ccc(Cl)cc2)ccc1Oc1ccnc(Cl)c1. The molecule has 12 heteroatoms. The largest absolute Gasteiger partial charge is 0.481 e. The number of carbonyl (C=O) groups is 1. The van der Waals surface area contributed by atoms with E-state index in [1.165, 1.54) is 10.8 Å². The van der Waals surface area contributed by atoms with Gasteiger partial charge in [0.1, 0.15) is 16.7 Å². The van der Waals surface area contributed by atoms with E-state index in [1.54, 1.807) is 54.6 Å². The summed E-state index contributed by atoms with van der Waals surface area (Å²) in [5, 5.41) is 12.9. The van der Waals surface area contributed by atoms with Gasteiger partial charge >= 0.3 is 17.3 Å². The summed E-state index contributed by atoms with van der Waals surface area (Å²) >= 11 is 11.9. The van der Waals surface area contributed by atoms with Gasteiger partial charge in [-0.1, -0.05) is 35.3 Å². The van der Waals surface area contributed by atoms with E-state index in [1.807, 2.05) is 6.92 Å². The molecule has 0 bridgehead atoms. The van der Waals surface area contributed by atoms with Gasteiger partial charge in [0.15, 0.2) is 0 Å². The van der Waals surface area contributed by atoms with Crippen molar-refractivity contribution in [2.24, 2.45) is 0 Å². The Balaban J connectivity index is 1.67. The zero-order valence-corrected chi connectivity index (χ0v) is 21.0. The highest BCUT2D eigenvalue weighted by molar-refractivity contribution is 6.30. The molecule has 4 rings (SSSR count). The Morgan fingerprint density at radius 2 is 1.81 bits per heavy atom. The first-order valence-electron chi connectivity index (χ1n) is 11.0. The molecular formula is C25H21Cl2N5O5. The summed E-state index contributed by atoms with van der Waals surface area (Å²) in [6.45, 7) is 1.61. The van der Waals surface area contributed by atoms with Crippen molar-refractivity contribution < 1.29 is 14.6 Å². The topological polar surface area (TPSA) is 128 Å². The summed E-state index contributed by atoms with van der Waals surface area (Å²) < 4.78 is 7.94. The fourth-order valence-electron chi connectivity index (χ4n) is 3.48. The second-order valence-electron chi connectivity index (χ2n) is 8.03. The number of halogens is 2. The van der Waals surface area contributed by atoms with Gasteiger partial charge in [-0.2, -0.15) is 4.98 Å². The number of aliphatic carboxylic acids is 1. The summed E-state index contributed by atoms with van der Waals surface area (Å²) in [5.41, 5.74) is 0.504. The number of carboxylic acid groups (broad SMARTS) is 1. The molecule has 2 aromatic heterocycles. The van der Waals surface area contributed by atoms with Crippen LogP contribution in [-0.2, 0) is 17.9 Å². The lowest BCUT2D eigenvalue weighted by Gasteiger charge is -2.16. The molecule has 0 radical (unpaired) electrons. The van der Waals surface area contributed by atoms with Crippen molar-refractivity contribution in [3.63, 3.8) is 0 Å². The average Bonchev–Trinajstić information content (AvgIpc) is 2.84. The van der Waals surface area contributed by atoms with Crippen LogP contribution >= 0.6 is 23.2 Å². The van der Waals surface area contributed by atoms with Gasteiger partial charge in [-0.25, -0.2) is 19.1 Å². The number of hydrogen-bond donors (Lipinski definition) is 2. The quantitative estimate of drug-likeness (QED) is 0.297. The van der Waals surface area contributed by atoms with Gasteiger partial charge in [0.2, 0.25) is 5.95 Å². The number of rotatable bonds is 9. The predicted molar refractivity (Wildman–Crippen MR) is 139 cm³/mol. The molecule has 0 fully saturated rings. The summed E-state index contributed by atoms with van der Waals surface area (Å²) in [7, 11) is 0. The van der Waals surface area contributed by atoms with Crippen LogP contribution in [0.2, 0.25) is 10.2 Å². The van der Waals surface area contributed by atoms with Gasteiger partial charge in [0.05, 0.1) is 13.0 Å². The first kappa shape index (κ1) is 25.9. The number of hydrogen-bond acceptors (Lipinski definition) is 7. The van der Waals surface area contributed by atoms with Gasteiger partial charge < -0.3 is 15.2 Å². The number of carboxylic acids is 1. The minimum absolute atomic E-state index is 0.00510. The molecule has 2 N–H and O–H groups in total. The van der Waals surface area contributed by atoms with Crippen molar-refractivity contribution >= 4 is 40.8 Å². The third-order valence-corrected chi connectivity index (χ3v) is 5.77. The zero-order valence-electron chi connectivity index (χ0n) is 19.5. The van der Waals surface area contributed by atoms with Crippen molar-refractivity contribution in [1.82, 2.24) is 19.1 Å². The molecule has 0 aliphatic heterocycles. The van der Waals surface area contributed by atoms with Gasteiger partial charge in [-0.15, -0.1) is 0 Å². The number of nitrogens with zero attached hydrogens (tertiary/aromatic N) is 4. The second-order valence-corrected chi connectivity index (χ2v) is 8.85. The molecule has 0 saturated carbocycles. The maximum absolute atomic E-state index is 13.2. The Hall–Kier alpha value is -4.15.